The fourth-order valence-electron chi connectivity index (χ4n) is 2.27. The molecule has 0 amide bonds. The van der Waals surface area contributed by atoms with Gasteiger partial charge in [0.25, 0.3) is 0 Å². The van der Waals surface area contributed by atoms with E-state index in [2.05, 4.69) is 40.3 Å². The molecule has 4 heteroatoms. The molecule has 1 unspecified atom stereocenters. The first-order valence-corrected chi connectivity index (χ1v) is 8.25. The number of anilines is 1. The van der Waals surface area contributed by atoms with Crippen LogP contribution in [0.5, 0.6) is 0 Å². The highest BCUT2D eigenvalue weighted by Gasteiger charge is 2.15. The zero-order valence-corrected chi connectivity index (χ0v) is 14.2. The molecule has 2 rings (SSSR count). The summed E-state index contributed by atoms with van der Waals surface area (Å²) < 4.78 is 14.0. The lowest BCUT2D eigenvalue weighted by Gasteiger charge is -2.22. The van der Waals surface area contributed by atoms with E-state index in [0.29, 0.717) is 9.50 Å². The maximum atomic E-state index is 13.3. The minimum Gasteiger partial charge on any atom is -0.376 e. The van der Waals surface area contributed by atoms with E-state index in [0.717, 1.165) is 24.9 Å². The molecule has 0 saturated heterocycles. The number of halogens is 3. The van der Waals surface area contributed by atoms with Crippen molar-refractivity contribution in [1.29, 1.82) is 0 Å². The van der Waals surface area contributed by atoms with E-state index >= 15 is 0 Å². The quantitative estimate of drug-likeness (QED) is 0.605. The zero-order valence-electron chi connectivity index (χ0n) is 11.9. The number of hydrogen-bond donors (Lipinski definition) is 1. The van der Waals surface area contributed by atoms with Gasteiger partial charge < -0.3 is 5.32 Å². The summed E-state index contributed by atoms with van der Waals surface area (Å²) in [5.74, 6) is -0.345. The second-order valence-corrected chi connectivity index (χ2v) is 6.26. The average molecular weight is 371 g/mol. The fourth-order valence-corrected chi connectivity index (χ4v) is 3.19. The summed E-state index contributed by atoms with van der Waals surface area (Å²) in [6.45, 7) is 2.17. The molecule has 1 atom stereocenters. The smallest absolute Gasteiger partial charge is 0.125 e. The first-order chi connectivity index (χ1) is 10.1. The molecule has 0 spiro atoms. The van der Waals surface area contributed by atoms with Gasteiger partial charge in [-0.2, -0.15) is 0 Å². The highest BCUT2D eigenvalue weighted by Crippen LogP contribution is 2.35. The van der Waals surface area contributed by atoms with Crippen molar-refractivity contribution >= 4 is 33.2 Å². The molecule has 1 nitrogen and oxygen atoms in total. The Balaban J connectivity index is 2.27. The van der Waals surface area contributed by atoms with E-state index in [1.54, 1.807) is 0 Å². The molecule has 0 heterocycles. The van der Waals surface area contributed by atoms with Gasteiger partial charge in [0.05, 0.1) is 16.8 Å². The lowest BCUT2D eigenvalue weighted by Crippen LogP contribution is -2.11. The first-order valence-electron chi connectivity index (χ1n) is 7.08. The number of rotatable bonds is 6. The summed E-state index contributed by atoms with van der Waals surface area (Å²) >= 11 is 9.55. The van der Waals surface area contributed by atoms with Crippen LogP contribution in [0.15, 0.2) is 46.9 Å². The summed E-state index contributed by atoms with van der Waals surface area (Å²) in [4.78, 5) is 0. The Labute approximate surface area is 138 Å². The van der Waals surface area contributed by atoms with Gasteiger partial charge in [-0.3, -0.25) is 0 Å². The molecule has 0 aromatic heterocycles. The van der Waals surface area contributed by atoms with Gasteiger partial charge in [0.1, 0.15) is 5.82 Å². The summed E-state index contributed by atoms with van der Waals surface area (Å²) in [5.41, 5.74) is 1.95. The number of unbranched alkanes of at least 4 members (excludes halogenated alkanes) is 1. The summed E-state index contributed by atoms with van der Waals surface area (Å²) in [7, 11) is 0. The van der Waals surface area contributed by atoms with Gasteiger partial charge in [0, 0.05) is 4.47 Å². The third-order valence-corrected chi connectivity index (χ3v) is 4.30. The van der Waals surface area contributed by atoms with E-state index in [1.807, 2.05) is 18.2 Å². The molecule has 21 heavy (non-hydrogen) atoms. The normalized spacial score (nSPS) is 12.2. The summed E-state index contributed by atoms with van der Waals surface area (Å²) in [6, 6.07) is 13.2. The maximum absolute atomic E-state index is 13.3. The van der Waals surface area contributed by atoms with Crippen molar-refractivity contribution in [3.63, 3.8) is 0 Å². The molecule has 0 aliphatic heterocycles. The van der Waals surface area contributed by atoms with Crippen LogP contribution in [0, 0.1) is 5.82 Å². The third kappa shape index (κ3) is 4.45. The Kier molecular flexibility index (Phi) is 6.07. The molecule has 0 radical (unpaired) electrons. The van der Waals surface area contributed by atoms with Crippen molar-refractivity contribution in [3.8, 4) is 0 Å². The molecule has 2 aromatic carbocycles. The Morgan fingerprint density at radius 1 is 1.24 bits per heavy atom. The average Bonchev–Trinajstić information content (AvgIpc) is 2.46. The largest absolute Gasteiger partial charge is 0.376 e. The predicted octanol–water partition coefficient (Wildman–Crippen LogP) is 6.59. The third-order valence-electron chi connectivity index (χ3n) is 3.37. The van der Waals surface area contributed by atoms with Gasteiger partial charge in [-0.15, -0.1) is 0 Å². The van der Waals surface area contributed by atoms with Gasteiger partial charge in [0.15, 0.2) is 0 Å². The topological polar surface area (TPSA) is 12.0 Å². The van der Waals surface area contributed by atoms with Crippen molar-refractivity contribution in [2.24, 2.45) is 0 Å². The number of benzene rings is 2. The summed E-state index contributed by atoms with van der Waals surface area (Å²) in [5, 5.41) is 3.84. The monoisotopic (exact) mass is 369 g/mol. The molecule has 1 N–H and O–H groups in total. The zero-order chi connectivity index (χ0) is 15.2. The minimum atomic E-state index is -0.345. The molecule has 0 bridgehead atoms. The van der Waals surface area contributed by atoms with Crippen molar-refractivity contribution in [3.05, 3.63) is 63.3 Å². The number of hydrogen-bond acceptors (Lipinski definition) is 1. The van der Waals surface area contributed by atoms with Crippen molar-refractivity contribution in [1.82, 2.24) is 0 Å². The number of nitrogens with one attached hydrogen (secondary N) is 1. The van der Waals surface area contributed by atoms with Crippen molar-refractivity contribution in [2.75, 3.05) is 5.32 Å². The highest BCUT2D eigenvalue weighted by atomic mass is 79.9. The minimum absolute atomic E-state index is 0.158. The highest BCUT2D eigenvalue weighted by molar-refractivity contribution is 9.10. The van der Waals surface area contributed by atoms with Crippen molar-refractivity contribution < 1.29 is 4.39 Å². The standard InChI is InChI=1S/C17H18BrClFN/c1-2-3-9-16(12-7-5-4-6-8-12)21-17-14(18)10-13(20)11-15(17)19/h4-8,10-11,16,21H,2-3,9H2,1H3. The Morgan fingerprint density at radius 2 is 1.95 bits per heavy atom. The van der Waals surface area contributed by atoms with Crippen LogP contribution in [-0.2, 0) is 0 Å². The van der Waals surface area contributed by atoms with Gasteiger partial charge >= 0.3 is 0 Å². The lowest BCUT2D eigenvalue weighted by molar-refractivity contribution is 0.623. The second kappa shape index (κ2) is 7.81. The Morgan fingerprint density at radius 3 is 2.57 bits per heavy atom. The van der Waals surface area contributed by atoms with Gasteiger partial charge in [-0.25, -0.2) is 4.39 Å². The fraction of sp³-hybridized carbons (Fsp3) is 0.294. The molecule has 0 aliphatic carbocycles. The van der Waals surface area contributed by atoms with Gasteiger partial charge in [0.2, 0.25) is 0 Å². The van der Waals surface area contributed by atoms with Crippen LogP contribution in [-0.4, -0.2) is 0 Å². The molecular formula is C17H18BrClFN. The molecule has 0 aliphatic rings. The maximum Gasteiger partial charge on any atom is 0.125 e. The Bertz CT molecular complexity index is 566. The second-order valence-electron chi connectivity index (χ2n) is 4.99. The van der Waals surface area contributed by atoms with Crippen LogP contribution in [0.2, 0.25) is 5.02 Å². The SMILES string of the molecule is CCCCC(Nc1c(Cl)cc(F)cc1Br)c1ccccc1. The van der Waals surface area contributed by atoms with Crippen LogP contribution >= 0.6 is 27.5 Å². The molecular weight excluding hydrogens is 353 g/mol. The van der Waals surface area contributed by atoms with Crippen LogP contribution < -0.4 is 5.32 Å². The molecule has 2 aromatic rings. The van der Waals surface area contributed by atoms with E-state index < -0.39 is 0 Å². The van der Waals surface area contributed by atoms with Crippen LogP contribution in [0.3, 0.4) is 0 Å². The van der Waals surface area contributed by atoms with Crippen LogP contribution in [0.1, 0.15) is 37.8 Å². The van der Waals surface area contributed by atoms with E-state index in [1.165, 1.54) is 17.7 Å². The Hall–Kier alpha value is -1.06. The lowest BCUT2D eigenvalue weighted by atomic mass is 10.0. The predicted molar refractivity (Wildman–Crippen MR) is 91.4 cm³/mol. The van der Waals surface area contributed by atoms with E-state index in [-0.39, 0.29) is 11.9 Å². The first kappa shape index (κ1) is 16.3. The van der Waals surface area contributed by atoms with E-state index in [9.17, 15) is 4.39 Å². The molecule has 112 valence electrons. The molecule has 0 fully saturated rings. The van der Waals surface area contributed by atoms with Crippen LogP contribution in [0.4, 0.5) is 10.1 Å². The van der Waals surface area contributed by atoms with Crippen LogP contribution in [0.25, 0.3) is 0 Å². The van der Waals surface area contributed by atoms with Crippen molar-refractivity contribution in [2.45, 2.75) is 32.2 Å². The van der Waals surface area contributed by atoms with E-state index in [4.69, 9.17) is 11.6 Å². The van der Waals surface area contributed by atoms with Gasteiger partial charge in [-0.1, -0.05) is 61.7 Å². The summed E-state index contributed by atoms with van der Waals surface area (Å²) in [6.07, 6.45) is 3.24. The van der Waals surface area contributed by atoms with Gasteiger partial charge in [-0.05, 0) is 40.0 Å². The molecule has 0 saturated carbocycles.